The van der Waals surface area contributed by atoms with Gasteiger partial charge in [-0.15, -0.1) is 0 Å². The Morgan fingerprint density at radius 2 is 1.43 bits per heavy atom. The van der Waals surface area contributed by atoms with Gasteiger partial charge in [0.1, 0.15) is 0 Å². The van der Waals surface area contributed by atoms with E-state index in [2.05, 4.69) is 51.6 Å². The van der Waals surface area contributed by atoms with Crippen LogP contribution in [0, 0.1) is 19.8 Å². The fourth-order valence-corrected chi connectivity index (χ4v) is 6.33. The van der Waals surface area contributed by atoms with Crippen molar-refractivity contribution in [2.45, 2.75) is 51.6 Å². The van der Waals surface area contributed by atoms with E-state index in [1.165, 1.54) is 101 Å². The second kappa shape index (κ2) is 7.97. The third-order valence-corrected chi connectivity index (χ3v) is 8.34. The Morgan fingerprint density at radius 3 is 2.07 bits per heavy atom. The van der Waals surface area contributed by atoms with E-state index in [0.29, 0.717) is 0 Å². The van der Waals surface area contributed by atoms with Crippen molar-refractivity contribution < 1.29 is 0 Å². The summed E-state index contributed by atoms with van der Waals surface area (Å²) in [6.07, 6.45) is 5.55. The first-order chi connectivity index (χ1) is 13.7. The van der Waals surface area contributed by atoms with Crippen LogP contribution in [-0.4, -0.2) is 85.7 Å². The Bertz CT molecular complexity index is 665. The van der Waals surface area contributed by atoms with Crippen molar-refractivity contribution in [1.82, 2.24) is 14.7 Å². The first-order valence-electron chi connectivity index (χ1n) is 11.7. The molecule has 0 aromatic heterocycles. The Morgan fingerprint density at radius 1 is 0.750 bits per heavy atom. The van der Waals surface area contributed by atoms with Gasteiger partial charge in [0.2, 0.25) is 0 Å². The number of benzene rings is 1. The van der Waals surface area contributed by atoms with Gasteiger partial charge >= 0.3 is 0 Å². The summed E-state index contributed by atoms with van der Waals surface area (Å²) in [7, 11) is 0. The molecular formula is C24H38N4. The van der Waals surface area contributed by atoms with Gasteiger partial charge in [0.05, 0.1) is 0 Å². The molecule has 5 fully saturated rings. The van der Waals surface area contributed by atoms with Crippen molar-refractivity contribution in [2.24, 2.45) is 5.92 Å². The monoisotopic (exact) mass is 382 g/mol. The van der Waals surface area contributed by atoms with Crippen LogP contribution in [0.25, 0.3) is 0 Å². The molecule has 0 aliphatic carbocycles. The summed E-state index contributed by atoms with van der Waals surface area (Å²) in [6, 6.07) is 8.43. The molecule has 0 N–H and O–H groups in total. The lowest BCUT2D eigenvalue weighted by molar-refractivity contribution is -0.0228. The molecule has 1 aromatic rings. The molecule has 5 heterocycles. The van der Waals surface area contributed by atoms with Crippen LogP contribution in [0.1, 0.15) is 36.8 Å². The Labute approximate surface area is 171 Å². The molecule has 6 rings (SSSR count). The highest BCUT2D eigenvalue weighted by Gasteiger charge is 2.39. The highest BCUT2D eigenvalue weighted by atomic mass is 15.3. The third-order valence-electron chi connectivity index (χ3n) is 8.34. The van der Waals surface area contributed by atoms with Crippen molar-refractivity contribution in [3.63, 3.8) is 0 Å². The second-order valence-corrected chi connectivity index (χ2v) is 9.71. The topological polar surface area (TPSA) is 13.0 Å². The SMILES string of the molecule is Cc1cccc(N2CCC(N3CCN(C4CN5CCC4CC5)CC3)CC2)c1C. The van der Waals surface area contributed by atoms with Crippen LogP contribution in [0.2, 0.25) is 0 Å². The lowest BCUT2D eigenvalue weighted by atomic mass is 9.83. The maximum absolute atomic E-state index is 2.84. The van der Waals surface area contributed by atoms with Gasteiger partial charge in [0, 0.05) is 63.6 Å². The quantitative estimate of drug-likeness (QED) is 0.797. The number of rotatable bonds is 3. The first-order valence-corrected chi connectivity index (χ1v) is 11.7. The highest BCUT2D eigenvalue weighted by molar-refractivity contribution is 5.56. The number of hydrogen-bond acceptors (Lipinski definition) is 4. The second-order valence-electron chi connectivity index (χ2n) is 9.71. The molecule has 28 heavy (non-hydrogen) atoms. The van der Waals surface area contributed by atoms with E-state index < -0.39 is 0 Å². The molecule has 1 unspecified atom stereocenters. The van der Waals surface area contributed by atoms with Gasteiger partial charge in [0.25, 0.3) is 0 Å². The number of nitrogens with zero attached hydrogens (tertiary/aromatic N) is 4. The molecule has 5 aliphatic heterocycles. The van der Waals surface area contributed by atoms with Crippen molar-refractivity contribution in [3.8, 4) is 0 Å². The minimum atomic E-state index is 0.801. The van der Waals surface area contributed by atoms with Crippen LogP contribution >= 0.6 is 0 Å². The largest absolute Gasteiger partial charge is 0.371 e. The number of fused-ring (bicyclic) bond motifs is 3. The number of piperazine rings is 1. The minimum Gasteiger partial charge on any atom is -0.371 e. The molecule has 2 bridgehead atoms. The maximum atomic E-state index is 2.84. The van der Waals surface area contributed by atoms with Gasteiger partial charge in [-0.2, -0.15) is 0 Å². The third kappa shape index (κ3) is 3.59. The summed E-state index contributed by atoms with van der Waals surface area (Å²) in [5, 5.41) is 0. The summed E-state index contributed by atoms with van der Waals surface area (Å²) in [6.45, 7) is 16.2. The molecule has 4 nitrogen and oxygen atoms in total. The van der Waals surface area contributed by atoms with Gasteiger partial charge in [-0.05, 0) is 75.7 Å². The van der Waals surface area contributed by atoms with E-state index in [1.54, 1.807) is 0 Å². The molecule has 4 heteroatoms. The Kier molecular flexibility index (Phi) is 5.38. The van der Waals surface area contributed by atoms with Crippen LogP contribution < -0.4 is 4.90 Å². The van der Waals surface area contributed by atoms with Crippen LogP contribution in [0.15, 0.2) is 18.2 Å². The van der Waals surface area contributed by atoms with Crippen molar-refractivity contribution >= 4 is 5.69 Å². The molecule has 1 aromatic carbocycles. The van der Waals surface area contributed by atoms with E-state index >= 15 is 0 Å². The molecule has 0 saturated carbocycles. The highest BCUT2D eigenvalue weighted by Crippen LogP contribution is 2.32. The van der Waals surface area contributed by atoms with E-state index in [9.17, 15) is 0 Å². The lowest BCUT2D eigenvalue weighted by Gasteiger charge is -2.52. The fourth-order valence-electron chi connectivity index (χ4n) is 6.33. The summed E-state index contributed by atoms with van der Waals surface area (Å²) in [5.41, 5.74) is 4.35. The Balaban J connectivity index is 1.13. The number of aryl methyl sites for hydroxylation is 1. The smallest absolute Gasteiger partial charge is 0.0398 e. The van der Waals surface area contributed by atoms with E-state index in [1.807, 2.05) is 0 Å². The van der Waals surface area contributed by atoms with Crippen molar-refractivity contribution in [1.29, 1.82) is 0 Å². The van der Waals surface area contributed by atoms with Crippen LogP contribution in [-0.2, 0) is 0 Å². The zero-order valence-corrected chi connectivity index (χ0v) is 17.9. The number of anilines is 1. The number of piperidine rings is 4. The predicted octanol–water partition coefficient (Wildman–Crippen LogP) is 2.98. The summed E-state index contributed by atoms with van der Waals surface area (Å²) in [5.74, 6) is 0.984. The van der Waals surface area contributed by atoms with Gasteiger partial charge in [-0.3, -0.25) is 9.80 Å². The molecular weight excluding hydrogens is 344 g/mol. The van der Waals surface area contributed by atoms with Gasteiger partial charge in [-0.25, -0.2) is 0 Å². The molecule has 1 atom stereocenters. The molecule has 5 aliphatic rings. The lowest BCUT2D eigenvalue weighted by Crippen LogP contribution is -2.62. The first kappa shape index (κ1) is 18.9. The fraction of sp³-hybridized carbons (Fsp3) is 0.750. The van der Waals surface area contributed by atoms with E-state index in [4.69, 9.17) is 0 Å². The molecule has 5 saturated heterocycles. The summed E-state index contributed by atoms with van der Waals surface area (Å²) in [4.78, 5) is 11.0. The van der Waals surface area contributed by atoms with E-state index in [-0.39, 0.29) is 0 Å². The molecule has 154 valence electrons. The van der Waals surface area contributed by atoms with Gasteiger partial charge < -0.3 is 9.80 Å². The van der Waals surface area contributed by atoms with Crippen LogP contribution in [0.4, 0.5) is 5.69 Å². The molecule has 0 spiro atoms. The number of hydrogen-bond donors (Lipinski definition) is 0. The van der Waals surface area contributed by atoms with E-state index in [0.717, 1.165) is 18.0 Å². The average Bonchev–Trinajstić information content (AvgIpc) is 2.77. The normalized spacial score (nSPS) is 32.8. The summed E-state index contributed by atoms with van der Waals surface area (Å²) < 4.78 is 0. The van der Waals surface area contributed by atoms with Crippen molar-refractivity contribution in [3.05, 3.63) is 29.3 Å². The summed E-state index contributed by atoms with van der Waals surface area (Å²) >= 11 is 0. The zero-order chi connectivity index (χ0) is 19.1. The van der Waals surface area contributed by atoms with Crippen molar-refractivity contribution in [2.75, 3.05) is 63.8 Å². The standard InChI is InChI=1S/C24H38N4/c1-19-4-3-5-23(20(19)2)27-12-8-22(9-13-27)26-14-16-28(17-15-26)24-18-25-10-6-21(24)7-11-25/h3-5,21-22,24H,6-18H2,1-2H3. The van der Waals surface area contributed by atoms with Gasteiger partial charge in [0.15, 0.2) is 0 Å². The minimum absolute atomic E-state index is 0.801. The predicted molar refractivity (Wildman–Crippen MR) is 117 cm³/mol. The maximum Gasteiger partial charge on any atom is 0.0398 e. The van der Waals surface area contributed by atoms with Crippen LogP contribution in [0.5, 0.6) is 0 Å². The molecule has 0 amide bonds. The zero-order valence-electron chi connectivity index (χ0n) is 17.9. The molecule has 0 radical (unpaired) electrons. The van der Waals surface area contributed by atoms with Gasteiger partial charge in [-0.1, -0.05) is 12.1 Å². The Hall–Kier alpha value is -1.10. The average molecular weight is 383 g/mol. The van der Waals surface area contributed by atoms with Crippen LogP contribution in [0.3, 0.4) is 0 Å².